The molecule has 1 aromatic heterocycles. The molecule has 0 N–H and O–H groups in total. The summed E-state index contributed by atoms with van der Waals surface area (Å²) in [4.78, 5) is 18.0. The van der Waals surface area contributed by atoms with Crippen LogP contribution >= 0.6 is 0 Å². The number of ether oxygens (including phenoxy) is 2. The quantitative estimate of drug-likeness (QED) is 0.333. The molecule has 4 nitrogen and oxygen atoms in total. The number of hydrogen-bond donors (Lipinski definition) is 0. The summed E-state index contributed by atoms with van der Waals surface area (Å²) in [5, 5.41) is 0.780. The van der Waals surface area contributed by atoms with Crippen molar-refractivity contribution in [1.29, 1.82) is 0 Å². The molecule has 0 atom stereocenters. The van der Waals surface area contributed by atoms with Crippen molar-refractivity contribution >= 4 is 16.9 Å². The molecule has 4 rings (SSSR count). The lowest BCUT2D eigenvalue weighted by molar-refractivity contribution is 0.0732. The van der Waals surface area contributed by atoms with Crippen molar-refractivity contribution in [3.63, 3.8) is 0 Å². The van der Waals surface area contributed by atoms with E-state index in [9.17, 15) is 4.79 Å². The van der Waals surface area contributed by atoms with Crippen LogP contribution in [0.2, 0.25) is 0 Å². The lowest BCUT2D eigenvalue weighted by atomic mass is 10.00. The molecule has 1 heterocycles. The number of methoxy groups -OCH3 is 1. The van der Waals surface area contributed by atoms with Gasteiger partial charge in [-0.25, -0.2) is 9.78 Å². The molecule has 4 aromatic rings. The second-order valence-electron chi connectivity index (χ2n) is 6.94. The largest absolute Gasteiger partial charge is 0.493 e. The summed E-state index contributed by atoms with van der Waals surface area (Å²) in [5.74, 6) is 0.453. The Morgan fingerprint density at radius 3 is 2.28 bits per heavy atom. The smallest absolute Gasteiger partial charge is 0.344 e. The van der Waals surface area contributed by atoms with Crippen molar-refractivity contribution in [2.24, 2.45) is 0 Å². The van der Waals surface area contributed by atoms with Gasteiger partial charge >= 0.3 is 5.97 Å². The van der Waals surface area contributed by atoms with Crippen LogP contribution in [-0.4, -0.2) is 18.1 Å². The number of benzene rings is 3. The number of fused-ring (bicyclic) bond motifs is 1. The highest BCUT2D eigenvalue weighted by Gasteiger charge is 2.19. The van der Waals surface area contributed by atoms with Crippen molar-refractivity contribution in [3.8, 4) is 22.8 Å². The molecule has 0 bridgehead atoms. The third kappa shape index (κ3) is 3.69. The van der Waals surface area contributed by atoms with Crippen LogP contribution in [0.1, 0.15) is 21.5 Å². The summed E-state index contributed by atoms with van der Waals surface area (Å²) in [6.07, 6.45) is 0. The van der Waals surface area contributed by atoms with Gasteiger partial charge in [0.15, 0.2) is 11.5 Å². The van der Waals surface area contributed by atoms with Crippen LogP contribution in [0.15, 0.2) is 72.8 Å². The van der Waals surface area contributed by atoms with Crippen molar-refractivity contribution in [1.82, 2.24) is 4.98 Å². The average Bonchev–Trinajstić information content (AvgIpc) is 2.74. The average molecular weight is 383 g/mol. The van der Waals surface area contributed by atoms with Crippen LogP contribution in [0.3, 0.4) is 0 Å². The Labute approximate surface area is 169 Å². The van der Waals surface area contributed by atoms with Crippen molar-refractivity contribution in [2.75, 3.05) is 7.11 Å². The standard InChI is InChI=1S/C25H21NO3/c1-16-13-17(2)24-19(14-16)20(15-21(26-24)18-9-5-4-6-10-18)25(27)29-23-12-8-7-11-22(23)28-3/h4-15H,1-3H3. The second kappa shape index (κ2) is 7.76. The highest BCUT2D eigenvalue weighted by molar-refractivity contribution is 6.06. The number of esters is 1. The third-order valence-corrected chi connectivity index (χ3v) is 4.81. The Hall–Kier alpha value is -3.66. The van der Waals surface area contributed by atoms with E-state index in [4.69, 9.17) is 14.5 Å². The molecule has 29 heavy (non-hydrogen) atoms. The minimum absolute atomic E-state index is 0.385. The number of para-hydroxylation sites is 2. The van der Waals surface area contributed by atoms with Gasteiger partial charge in [0.1, 0.15) is 0 Å². The lowest BCUT2D eigenvalue weighted by Crippen LogP contribution is -2.11. The topological polar surface area (TPSA) is 48.4 Å². The fraction of sp³-hybridized carbons (Fsp3) is 0.120. The molecule has 0 saturated carbocycles. The Morgan fingerprint density at radius 1 is 0.862 bits per heavy atom. The maximum Gasteiger partial charge on any atom is 0.344 e. The van der Waals surface area contributed by atoms with Crippen LogP contribution in [0, 0.1) is 13.8 Å². The van der Waals surface area contributed by atoms with E-state index in [0.717, 1.165) is 33.3 Å². The summed E-state index contributed by atoms with van der Waals surface area (Å²) >= 11 is 0. The zero-order valence-electron chi connectivity index (χ0n) is 16.6. The molecule has 0 saturated heterocycles. The molecule has 0 aliphatic rings. The van der Waals surface area contributed by atoms with E-state index in [2.05, 4.69) is 6.07 Å². The molecule has 0 radical (unpaired) electrons. The van der Waals surface area contributed by atoms with Crippen molar-refractivity contribution in [2.45, 2.75) is 13.8 Å². The highest BCUT2D eigenvalue weighted by Crippen LogP contribution is 2.31. The number of aromatic nitrogens is 1. The molecule has 4 heteroatoms. The zero-order valence-corrected chi connectivity index (χ0v) is 16.6. The Kier molecular flexibility index (Phi) is 5.00. The molecular formula is C25H21NO3. The van der Waals surface area contributed by atoms with Gasteiger partial charge in [-0.05, 0) is 43.7 Å². The maximum absolute atomic E-state index is 13.2. The van der Waals surface area contributed by atoms with Gasteiger partial charge in [0.2, 0.25) is 0 Å². The van der Waals surface area contributed by atoms with E-state index in [-0.39, 0.29) is 0 Å². The fourth-order valence-electron chi connectivity index (χ4n) is 3.46. The van der Waals surface area contributed by atoms with Gasteiger partial charge in [0, 0.05) is 10.9 Å². The van der Waals surface area contributed by atoms with Crippen LogP contribution in [0.25, 0.3) is 22.2 Å². The Morgan fingerprint density at radius 2 is 1.55 bits per heavy atom. The molecule has 0 amide bonds. The van der Waals surface area contributed by atoms with E-state index in [1.165, 1.54) is 0 Å². The van der Waals surface area contributed by atoms with Gasteiger partial charge in [-0.2, -0.15) is 0 Å². The van der Waals surface area contributed by atoms with Gasteiger partial charge < -0.3 is 9.47 Å². The Bertz CT molecular complexity index is 1200. The van der Waals surface area contributed by atoms with Crippen molar-refractivity contribution in [3.05, 3.63) is 89.5 Å². The first-order valence-corrected chi connectivity index (χ1v) is 9.39. The number of carbonyl (C=O) groups is 1. The van der Waals surface area contributed by atoms with Gasteiger partial charge in [-0.1, -0.05) is 54.1 Å². The number of rotatable bonds is 4. The predicted octanol–water partition coefficient (Wildman–Crippen LogP) is 5.75. The monoisotopic (exact) mass is 383 g/mol. The van der Waals surface area contributed by atoms with E-state index in [0.29, 0.717) is 17.1 Å². The fourth-order valence-corrected chi connectivity index (χ4v) is 3.46. The summed E-state index contributed by atoms with van der Waals surface area (Å²) in [5.41, 5.74) is 5.04. The summed E-state index contributed by atoms with van der Waals surface area (Å²) in [6, 6.07) is 22.8. The predicted molar refractivity (Wildman–Crippen MR) is 115 cm³/mol. The normalized spacial score (nSPS) is 10.7. The van der Waals surface area contributed by atoms with Crippen LogP contribution in [0.4, 0.5) is 0 Å². The first kappa shape index (κ1) is 18.7. The SMILES string of the molecule is COc1ccccc1OC(=O)c1cc(-c2ccccc2)nc2c(C)cc(C)cc12. The molecule has 144 valence electrons. The van der Waals surface area contributed by atoms with E-state index in [1.54, 1.807) is 31.4 Å². The molecule has 3 aromatic carbocycles. The molecule has 0 aliphatic heterocycles. The van der Waals surface area contributed by atoms with E-state index >= 15 is 0 Å². The minimum atomic E-state index is -0.441. The number of carbonyl (C=O) groups excluding carboxylic acids is 1. The van der Waals surface area contributed by atoms with Gasteiger partial charge in [-0.15, -0.1) is 0 Å². The summed E-state index contributed by atoms with van der Waals surface area (Å²) in [6.45, 7) is 4.01. The molecule has 0 unspecified atom stereocenters. The second-order valence-corrected chi connectivity index (χ2v) is 6.94. The molecule has 0 spiro atoms. The number of nitrogens with zero attached hydrogens (tertiary/aromatic N) is 1. The van der Waals surface area contributed by atoms with Gasteiger partial charge in [0.05, 0.1) is 23.9 Å². The van der Waals surface area contributed by atoms with Gasteiger partial charge in [0.25, 0.3) is 0 Å². The minimum Gasteiger partial charge on any atom is -0.493 e. The highest BCUT2D eigenvalue weighted by atomic mass is 16.6. The zero-order chi connectivity index (χ0) is 20.4. The third-order valence-electron chi connectivity index (χ3n) is 4.81. The van der Waals surface area contributed by atoms with Crippen molar-refractivity contribution < 1.29 is 14.3 Å². The lowest BCUT2D eigenvalue weighted by Gasteiger charge is -2.13. The first-order valence-electron chi connectivity index (χ1n) is 9.39. The molecule has 0 aliphatic carbocycles. The number of hydrogen-bond acceptors (Lipinski definition) is 4. The first-order chi connectivity index (χ1) is 14.1. The van der Waals surface area contributed by atoms with E-state index < -0.39 is 5.97 Å². The summed E-state index contributed by atoms with van der Waals surface area (Å²) < 4.78 is 11.0. The Balaban J connectivity index is 1.88. The van der Waals surface area contributed by atoms with Crippen LogP contribution in [0.5, 0.6) is 11.5 Å². The van der Waals surface area contributed by atoms with Gasteiger partial charge in [-0.3, -0.25) is 0 Å². The maximum atomic E-state index is 13.2. The van der Waals surface area contributed by atoms with Crippen LogP contribution in [-0.2, 0) is 0 Å². The molecular weight excluding hydrogens is 362 g/mol. The number of pyridine rings is 1. The number of aryl methyl sites for hydroxylation is 2. The summed E-state index contributed by atoms with van der Waals surface area (Å²) in [7, 11) is 1.55. The van der Waals surface area contributed by atoms with Crippen LogP contribution < -0.4 is 9.47 Å². The van der Waals surface area contributed by atoms with E-state index in [1.807, 2.05) is 56.3 Å². The molecule has 0 fully saturated rings.